The Morgan fingerprint density at radius 1 is 0.945 bits per heavy atom. The van der Waals surface area contributed by atoms with E-state index in [1.807, 2.05) is 24.3 Å². The molecule has 0 spiro atoms. The number of halogens is 5. The standard InChI is InChI=1S/C39H39F2N7O4.3ClH/c1-19(52-2)33(47-38(50)51)37(49)48-13-3-4-32(48)35-42-18-31(46-35)22-7-11-26-25-10-6-20(15-27(25)39(40,41)28(26)16-22)21-8-12-29-30(17-21)45-36(44-29)34-23-5-9-24(14-23)43-34;;;/h6-8,10-12,15-19,23-24,32-34,43,47H,3-5,9,13-14H2,1-2H3,(H,42,46)(H,44,45)(H,50,51);3*1H/t19-,23-,24-,32+,33+,34+;;;/m1.../s1. The highest BCUT2D eigenvalue weighted by Gasteiger charge is 2.45. The molecule has 2 amide bonds. The van der Waals surface area contributed by atoms with E-state index in [1.165, 1.54) is 32.4 Å². The number of carboxylic acid groups (broad SMARTS) is 1. The third-order valence-electron chi connectivity index (χ3n) is 11.6. The number of aromatic amines is 2. The van der Waals surface area contributed by atoms with Gasteiger partial charge in [0.25, 0.3) is 5.92 Å². The fourth-order valence-corrected chi connectivity index (χ4v) is 8.88. The van der Waals surface area contributed by atoms with Crippen LogP contribution in [0.25, 0.3) is 44.5 Å². The van der Waals surface area contributed by atoms with Crippen LogP contribution >= 0.6 is 37.2 Å². The minimum absolute atomic E-state index is 0. The summed E-state index contributed by atoms with van der Waals surface area (Å²) in [5, 5.41) is 15.3. The van der Waals surface area contributed by atoms with Crippen molar-refractivity contribution < 1.29 is 28.2 Å². The first-order valence-corrected chi connectivity index (χ1v) is 17.9. The van der Waals surface area contributed by atoms with Gasteiger partial charge in [-0.05, 0) is 91.5 Å². The molecule has 2 bridgehead atoms. The number of aromatic nitrogens is 4. The van der Waals surface area contributed by atoms with Gasteiger partial charge in [0.15, 0.2) is 0 Å². The predicted molar refractivity (Wildman–Crippen MR) is 211 cm³/mol. The molecule has 0 unspecified atom stereocenters. The lowest BCUT2D eigenvalue weighted by atomic mass is 9.98. The van der Waals surface area contributed by atoms with Crippen LogP contribution in [0.1, 0.15) is 73.9 Å². The fourth-order valence-electron chi connectivity index (χ4n) is 8.88. The Bertz CT molecular complexity index is 2250. The van der Waals surface area contributed by atoms with Crippen LogP contribution in [0.4, 0.5) is 13.6 Å². The molecule has 0 radical (unpaired) electrons. The molecule has 2 aliphatic heterocycles. The number of rotatable bonds is 8. The molecule has 3 fully saturated rings. The van der Waals surface area contributed by atoms with E-state index >= 15 is 8.78 Å². The first-order valence-electron chi connectivity index (χ1n) is 17.9. The van der Waals surface area contributed by atoms with Gasteiger partial charge in [0, 0.05) is 36.4 Å². The second-order valence-corrected chi connectivity index (χ2v) is 14.6. The maximum absolute atomic E-state index is 16.3. The highest BCUT2D eigenvalue weighted by Crippen LogP contribution is 2.53. The van der Waals surface area contributed by atoms with Crippen molar-refractivity contribution in [3.8, 4) is 33.5 Å². The van der Waals surface area contributed by atoms with Crippen molar-refractivity contribution in [1.82, 2.24) is 35.5 Å². The highest BCUT2D eigenvalue weighted by molar-refractivity contribution is 5.88. The van der Waals surface area contributed by atoms with Crippen LogP contribution in [0.15, 0.2) is 60.8 Å². The average molecular weight is 817 g/mol. The third kappa shape index (κ3) is 6.84. The van der Waals surface area contributed by atoms with E-state index in [0.29, 0.717) is 65.1 Å². The lowest BCUT2D eigenvalue weighted by Crippen LogP contribution is -2.53. The number of imidazole rings is 2. The Kier molecular flexibility index (Phi) is 11.3. The number of hydrogen-bond acceptors (Lipinski definition) is 6. The fraction of sp³-hybridized carbons (Fsp3) is 0.385. The molecule has 9 rings (SSSR count). The minimum atomic E-state index is -3.23. The Morgan fingerprint density at radius 2 is 1.64 bits per heavy atom. The molecule has 4 heterocycles. The predicted octanol–water partition coefficient (Wildman–Crippen LogP) is 8.15. The van der Waals surface area contributed by atoms with Crippen molar-refractivity contribution >= 4 is 60.3 Å². The third-order valence-corrected chi connectivity index (χ3v) is 11.6. The van der Waals surface area contributed by atoms with Gasteiger partial charge in [-0.3, -0.25) is 4.79 Å². The van der Waals surface area contributed by atoms with Crippen LogP contribution in [-0.4, -0.2) is 73.8 Å². The molecule has 292 valence electrons. The molecule has 6 atom stereocenters. The summed E-state index contributed by atoms with van der Waals surface area (Å²) in [6.45, 7) is 2.05. The number of hydrogen-bond donors (Lipinski definition) is 5. The number of carbonyl (C=O) groups excluding carboxylic acids is 1. The van der Waals surface area contributed by atoms with Crippen molar-refractivity contribution in [1.29, 1.82) is 0 Å². The summed E-state index contributed by atoms with van der Waals surface area (Å²) in [5.74, 6) is -1.58. The number of benzene rings is 3. The summed E-state index contributed by atoms with van der Waals surface area (Å²) in [6.07, 6.45) is 4.53. The SMILES string of the molecule is CO[C@H](C)[C@H](NC(=O)O)C(=O)N1CCC[C@H]1c1ncc(-c2ccc3c(c2)C(F)(F)c2cc(-c4ccc5nc([C@H]6N[C@@H]7CC[C@@H]6C7)[nH]c5c4)ccc2-3)[nH]1.Cl.Cl.Cl. The Labute approximate surface area is 334 Å². The van der Waals surface area contributed by atoms with Crippen molar-refractivity contribution in [2.24, 2.45) is 5.92 Å². The first kappa shape index (κ1) is 40.4. The number of carbonyl (C=O) groups is 2. The lowest BCUT2D eigenvalue weighted by Gasteiger charge is -2.30. The van der Waals surface area contributed by atoms with Gasteiger partial charge in [-0.2, -0.15) is 8.78 Å². The molecule has 16 heteroatoms. The number of likely N-dealkylation sites (tertiary alicyclic amines) is 1. The number of H-pyrrole nitrogens is 2. The van der Waals surface area contributed by atoms with Gasteiger partial charge < -0.3 is 35.3 Å². The van der Waals surface area contributed by atoms with Gasteiger partial charge in [-0.25, -0.2) is 14.8 Å². The number of amides is 2. The first-order chi connectivity index (χ1) is 25.1. The zero-order valence-electron chi connectivity index (χ0n) is 30.0. The number of alkyl halides is 2. The molecule has 3 aromatic carbocycles. The van der Waals surface area contributed by atoms with E-state index in [9.17, 15) is 14.7 Å². The van der Waals surface area contributed by atoms with Crippen LogP contribution in [0, 0.1) is 5.92 Å². The zero-order valence-corrected chi connectivity index (χ0v) is 32.4. The summed E-state index contributed by atoms with van der Waals surface area (Å²) < 4.78 is 37.9. The van der Waals surface area contributed by atoms with Crippen LogP contribution < -0.4 is 10.6 Å². The number of nitrogens with one attached hydrogen (secondary N) is 4. The van der Waals surface area contributed by atoms with E-state index in [1.54, 1.807) is 42.3 Å². The summed E-state index contributed by atoms with van der Waals surface area (Å²) in [4.78, 5) is 42.7. The normalized spacial score (nSPS) is 22.6. The Balaban J connectivity index is 0.00000171. The Morgan fingerprint density at radius 3 is 2.31 bits per heavy atom. The van der Waals surface area contributed by atoms with Gasteiger partial charge in [-0.15, -0.1) is 37.2 Å². The number of methoxy groups -OCH3 is 1. The van der Waals surface area contributed by atoms with Gasteiger partial charge in [-0.1, -0.05) is 30.3 Å². The maximum atomic E-state index is 16.3. The highest BCUT2D eigenvalue weighted by atomic mass is 35.5. The molecule has 2 aromatic heterocycles. The van der Waals surface area contributed by atoms with Crippen LogP contribution in [0.5, 0.6) is 0 Å². The van der Waals surface area contributed by atoms with Crippen LogP contribution in [-0.2, 0) is 15.5 Å². The van der Waals surface area contributed by atoms with Crippen molar-refractivity contribution in [3.05, 3.63) is 83.6 Å². The molecule has 5 aromatic rings. The zero-order chi connectivity index (χ0) is 35.9. The smallest absolute Gasteiger partial charge is 0.405 e. The van der Waals surface area contributed by atoms with Gasteiger partial charge >= 0.3 is 6.09 Å². The Hall–Kier alpha value is -4.27. The summed E-state index contributed by atoms with van der Waals surface area (Å²) in [6, 6.07) is 15.5. The molecule has 5 N–H and O–H groups in total. The van der Waals surface area contributed by atoms with E-state index in [-0.39, 0.29) is 54.4 Å². The molecule has 4 aliphatic rings. The number of piperidine rings is 1. The number of fused-ring (bicyclic) bond motifs is 6. The van der Waals surface area contributed by atoms with Crippen molar-refractivity contribution in [2.75, 3.05) is 13.7 Å². The lowest BCUT2D eigenvalue weighted by molar-refractivity contribution is -0.137. The molecular formula is C39H42Cl3F2N7O4. The molecule has 55 heavy (non-hydrogen) atoms. The molecule has 1 saturated carbocycles. The summed E-state index contributed by atoms with van der Waals surface area (Å²) in [5.41, 5.74) is 5.27. The van der Waals surface area contributed by atoms with Crippen molar-refractivity contribution in [2.45, 2.75) is 75.2 Å². The number of ether oxygens (including phenoxy) is 1. The van der Waals surface area contributed by atoms with E-state index in [2.05, 4.69) is 25.6 Å². The summed E-state index contributed by atoms with van der Waals surface area (Å²) >= 11 is 0. The van der Waals surface area contributed by atoms with Gasteiger partial charge in [0.2, 0.25) is 5.91 Å². The monoisotopic (exact) mass is 815 g/mol. The molecule has 2 aliphatic carbocycles. The summed E-state index contributed by atoms with van der Waals surface area (Å²) in [7, 11) is 1.42. The second kappa shape index (κ2) is 15.3. The van der Waals surface area contributed by atoms with Gasteiger partial charge in [0.1, 0.15) is 17.7 Å². The largest absolute Gasteiger partial charge is 0.465 e. The minimum Gasteiger partial charge on any atom is -0.465 e. The van der Waals surface area contributed by atoms with E-state index < -0.39 is 36.1 Å². The maximum Gasteiger partial charge on any atom is 0.405 e. The second-order valence-electron chi connectivity index (χ2n) is 14.6. The van der Waals surface area contributed by atoms with Crippen molar-refractivity contribution in [3.63, 3.8) is 0 Å². The van der Waals surface area contributed by atoms with Gasteiger partial charge in [0.05, 0.1) is 41.1 Å². The van der Waals surface area contributed by atoms with E-state index in [4.69, 9.17) is 9.72 Å². The molecular weight excluding hydrogens is 775 g/mol. The van der Waals surface area contributed by atoms with Crippen LogP contribution in [0.2, 0.25) is 0 Å². The quantitative estimate of drug-likeness (QED) is 0.106. The topological polar surface area (TPSA) is 148 Å². The molecule has 2 saturated heterocycles. The van der Waals surface area contributed by atoms with E-state index in [0.717, 1.165) is 22.4 Å². The molecule has 11 nitrogen and oxygen atoms in total. The number of nitrogens with zero attached hydrogens (tertiary/aromatic N) is 3. The van der Waals surface area contributed by atoms with Crippen LogP contribution in [0.3, 0.4) is 0 Å². The average Bonchev–Trinajstić information content (AvgIpc) is 4.01.